The molecule has 11 heteroatoms. The van der Waals surface area contributed by atoms with Crippen LogP contribution in [0.5, 0.6) is 0 Å². The molecule has 4 rings (SSSR count). The van der Waals surface area contributed by atoms with Gasteiger partial charge >= 0.3 is 0 Å². The monoisotopic (exact) mass is 482 g/mol. The Hall–Kier alpha value is -3.57. The number of rotatable bonds is 6. The van der Waals surface area contributed by atoms with Crippen molar-refractivity contribution in [3.8, 4) is 0 Å². The van der Waals surface area contributed by atoms with Gasteiger partial charge in [0, 0.05) is 42.4 Å². The molecule has 1 fully saturated rings. The summed E-state index contributed by atoms with van der Waals surface area (Å²) in [5.74, 6) is 0.0429. The van der Waals surface area contributed by atoms with Crippen molar-refractivity contribution < 1.29 is 13.2 Å². The fraction of sp³-hybridized carbons (Fsp3) is 0.182. The molecular formula is C22H22N6O3S2. The van der Waals surface area contributed by atoms with Crippen LogP contribution < -0.4 is 15.4 Å². The van der Waals surface area contributed by atoms with Crippen LogP contribution >= 0.6 is 12.2 Å². The van der Waals surface area contributed by atoms with E-state index in [1.165, 1.54) is 24.5 Å². The van der Waals surface area contributed by atoms with Crippen LogP contribution in [-0.2, 0) is 10.0 Å². The third-order valence-electron chi connectivity index (χ3n) is 5.00. The lowest BCUT2D eigenvalue weighted by Gasteiger charge is -2.16. The van der Waals surface area contributed by atoms with Crippen molar-refractivity contribution in [1.29, 1.82) is 0 Å². The second-order valence-corrected chi connectivity index (χ2v) is 9.45. The maximum Gasteiger partial charge on any atom is 0.264 e. The van der Waals surface area contributed by atoms with Crippen molar-refractivity contribution in [3.63, 3.8) is 0 Å². The molecule has 0 spiro atoms. The zero-order chi connectivity index (χ0) is 23.3. The SMILES string of the molecule is O=C(c1ccc(NC(=S)Nc2ccc(S(=O)(=O)Nc3ncccn3)cc2)cc1)N1CCCC1. The minimum absolute atomic E-state index is 0.00164. The summed E-state index contributed by atoms with van der Waals surface area (Å²) >= 11 is 5.34. The van der Waals surface area contributed by atoms with Crippen LogP contribution in [0.15, 0.2) is 71.9 Å². The number of anilines is 3. The van der Waals surface area contributed by atoms with Gasteiger partial charge in [0.05, 0.1) is 4.90 Å². The Kier molecular flexibility index (Phi) is 6.80. The van der Waals surface area contributed by atoms with Gasteiger partial charge in [-0.2, -0.15) is 0 Å². The number of hydrogen-bond donors (Lipinski definition) is 3. The first-order valence-electron chi connectivity index (χ1n) is 10.3. The van der Waals surface area contributed by atoms with Crippen LogP contribution in [0.1, 0.15) is 23.2 Å². The molecular weight excluding hydrogens is 460 g/mol. The van der Waals surface area contributed by atoms with Gasteiger partial charge in [-0.3, -0.25) is 4.79 Å². The third kappa shape index (κ3) is 5.82. The molecule has 0 bridgehead atoms. The van der Waals surface area contributed by atoms with Gasteiger partial charge in [0.1, 0.15) is 0 Å². The highest BCUT2D eigenvalue weighted by atomic mass is 32.2. The Labute approximate surface area is 197 Å². The number of aromatic nitrogens is 2. The van der Waals surface area contributed by atoms with Gasteiger partial charge in [-0.05, 0) is 79.7 Å². The van der Waals surface area contributed by atoms with Crippen molar-refractivity contribution in [2.45, 2.75) is 17.7 Å². The van der Waals surface area contributed by atoms with Crippen LogP contribution in [-0.4, -0.2) is 47.4 Å². The van der Waals surface area contributed by atoms with E-state index in [1.807, 2.05) is 4.90 Å². The molecule has 3 N–H and O–H groups in total. The maximum atomic E-state index is 12.5. The number of nitrogens with zero attached hydrogens (tertiary/aromatic N) is 3. The predicted octanol–water partition coefficient (Wildman–Crippen LogP) is 3.32. The quantitative estimate of drug-likeness (QED) is 0.458. The van der Waals surface area contributed by atoms with Crippen molar-refractivity contribution in [3.05, 3.63) is 72.6 Å². The van der Waals surface area contributed by atoms with E-state index in [1.54, 1.807) is 42.5 Å². The van der Waals surface area contributed by atoms with Gasteiger partial charge in [-0.1, -0.05) is 0 Å². The molecule has 1 aliphatic heterocycles. The number of amides is 1. The van der Waals surface area contributed by atoms with Crippen LogP contribution in [0.2, 0.25) is 0 Å². The number of benzene rings is 2. The molecule has 0 aliphatic carbocycles. The minimum Gasteiger partial charge on any atom is -0.339 e. The first-order chi connectivity index (χ1) is 15.9. The topological polar surface area (TPSA) is 116 Å². The van der Waals surface area contributed by atoms with Crippen molar-refractivity contribution in [2.24, 2.45) is 0 Å². The zero-order valence-corrected chi connectivity index (χ0v) is 19.2. The van der Waals surface area contributed by atoms with Crippen molar-refractivity contribution >= 4 is 50.6 Å². The lowest BCUT2D eigenvalue weighted by molar-refractivity contribution is 0.0793. The highest BCUT2D eigenvalue weighted by molar-refractivity contribution is 7.92. The largest absolute Gasteiger partial charge is 0.339 e. The number of nitrogens with one attached hydrogen (secondary N) is 3. The number of hydrogen-bond acceptors (Lipinski definition) is 6. The van der Waals surface area contributed by atoms with E-state index in [9.17, 15) is 13.2 Å². The zero-order valence-electron chi connectivity index (χ0n) is 17.6. The van der Waals surface area contributed by atoms with E-state index < -0.39 is 10.0 Å². The molecule has 1 saturated heterocycles. The average molecular weight is 483 g/mol. The van der Waals surface area contributed by atoms with Gasteiger partial charge in [0.25, 0.3) is 15.9 Å². The van der Waals surface area contributed by atoms with Gasteiger partial charge in [0.2, 0.25) is 5.95 Å². The lowest BCUT2D eigenvalue weighted by Crippen LogP contribution is -2.27. The summed E-state index contributed by atoms with van der Waals surface area (Å²) in [4.78, 5) is 22.1. The van der Waals surface area contributed by atoms with Crippen LogP contribution in [0.25, 0.3) is 0 Å². The molecule has 0 atom stereocenters. The number of sulfonamides is 1. The van der Waals surface area contributed by atoms with Crippen molar-refractivity contribution in [2.75, 3.05) is 28.4 Å². The standard InChI is InChI=1S/C22H22N6O3S2/c29-20(28-14-1-2-15-28)16-4-6-17(7-5-16)25-22(32)26-18-8-10-19(11-9-18)33(30,31)27-21-23-12-3-13-24-21/h3-13H,1-2,14-15H2,(H,23,24,27)(H2,25,26,32). The summed E-state index contributed by atoms with van der Waals surface area (Å²) in [6.07, 6.45) is 5.00. The first kappa shape index (κ1) is 22.6. The Morgan fingerprint density at radius 3 is 2.00 bits per heavy atom. The molecule has 0 unspecified atom stereocenters. The summed E-state index contributed by atoms with van der Waals surface area (Å²) in [5.41, 5.74) is 1.99. The molecule has 2 aromatic carbocycles. The Morgan fingerprint density at radius 1 is 0.879 bits per heavy atom. The second kappa shape index (κ2) is 9.92. The number of carbonyl (C=O) groups excluding carboxylic acids is 1. The van der Waals surface area contributed by atoms with E-state index >= 15 is 0 Å². The van der Waals surface area contributed by atoms with Crippen LogP contribution in [0, 0.1) is 0 Å². The summed E-state index contributed by atoms with van der Waals surface area (Å²) < 4.78 is 27.2. The van der Waals surface area contributed by atoms with Gasteiger partial charge in [-0.25, -0.2) is 23.1 Å². The third-order valence-corrected chi connectivity index (χ3v) is 6.55. The highest BCUT2D eigenvalue weighted by Gasteiger charge is 2.19. The minimum atomic E-state index is -3.81. The smallest absolute Gasteiger partial charge is 0.264 e. The van der Waals surface area contributed by atoms with Crippen LogP contribution in [0.4, 0.5) is 17.3 Å². The molecule has 1 aromatic heterocycles. The summed E-state index contributed by atoms with van der Waals surface area (Å²) in [6, 6.07) is 14.8. The van der Waals surface area contributed by atoms with E-state index in [2.05, 4.69) is 25.3 Å². The number of thiocarbonyl (C=S) groups is 1. The van der Waals surface area contributed by atoms with E-state index in [0.29, 0.717) is 16.4 Å². The highest BCUT2D eigenvalue weighted by Crippen LogP contribution is 2.18. The molecule has 9 nitrogen and oxygen atoms in total. The molecule has 170 valence electrons. The van der Waals surface area contributed by atoms with Crippen molar-refractivity contribution in [1.82, 2.24) is 14.9 Å². The molecule has 1 aliphatic rings. The molecule has 3 aromatic rings. The molecule has 0 radical (unpaired) electrons. The number of carbonyl (C=O) groups is 1. The molecule has 2 heterocycles. The summed E-state index contributed by atoms with van der Waals surface area (Å²) in [5, 5.41) is 6.39. The fourth-order valence-corrected chi connectivity index (χ4v) is 4.53. The fourth-order valence-electron chi connectivity index (χ4n) is 3.34. The molecule has 0 saturated carbocycles. The van der Waals surface area contributed by atoms with E-state index in [0.717, 1.165) is 31.6 Å². The van der Waals surface area contributed by atoms with E-state index in [4.69, 9.17) is 12.2 Å². The van der Waals surface area contributed by atoms with Gasteiger partial charge in [-0.15, -0.1) is 0 Å². The Balaban J connectivity index is 1.33. The van der Waals surface area contributed by atoms with E-state index in [-0.39, 0.29) is 16.8 Å². The summed E-state index contributed by atoms with van der Waals surface area (Å²) in [6.45, 7) is 1.62. The summed E-state index contributed by atoms with van der Waals surface area (Å²) in [7, 11) is -3.81. The second-order valence-electron chi connectivity index (χ2n) is 7.36. The average Bonchev–Trinajstić information content (AvgIpc) is 3.35. The maximum absolute atomic E-state index is 12.5. The van der Waals surface area contributed by atoms with Gasteiger partial charge < -0.3 is 15.5 Å². The Morgan fingerprint density at radius 2 is 1.42 bits per heavy atom. The van der Waals surface area contributed by atoms with Crippen LogP contribution in [0.3, 0.4) is 0 Å². The first-order valence-corrected chi connectivity index (χ1v) is 12.2. The number of likely N-dealkylation sites (tertiary alicyclic amines) is 1. The normalized spacial score (nSPS) is 13.4. The predicted molar refractivity (Wildman–Crippen MR) is 131 cm³/mol. The van der Waals surface area contributed by atoms with Gasteiger partial charge in [0.15, 0.2) is 5.11 Å². The lowest BCUT2D eigenvalue weighted by atomic mass is 10.2. The molecule has 33 heavy (non-hydrogen) atoms. The Bertz CT molecular complexity index is 1230. The molecule has 1 amide bonds.